The summed E-state index contributed by atoms with van der Waals surface area (Å²) in [4.78, 5) is 12.5. The van der Waals surface area contributed by atoms with Gasteiger partial charge in [0.15, 0.2) is 9.84 Å². The molecular weight excluding hydrogens is 422 g/mol. The van der Waals surface area contributed by atoms with E-state index in [1.807, 2.05) is 30.3 Å². The number of benzene rings is 3. The van der Waals surface area contributed by atoms with Gasteiger partial charge < -0.3 is 10.1 Å². The second-order valence-electron chi connectivity index (χ2n) is 7.75. The molecule has 4 rings (SSSR count). The van der Waals surface area contributed by atoms with Crippen molar-refractivity contribution in [3.8, 4) is 11.1 Å². The molecule has 6 heteroatoms. The van der Waals surface area contributed by atoms with Gasteiger partial charge in [-0.3, -0.25) is 0 Å². The van der Waals surface area contributed by atoms with Gasteiger partial charge in [0, 0.05) is 18.7 Å². The Morgan fingerprint density at radius 2 is 1.53 bits per heavy atom. The molecule has 0 spiro atoms. The highest BCUT2D eigenvalue weighted by Crippen LogP contribution is 2.44. The molecule has 0 bridgehead atoms. The number of alkyl carbamates (subject to hydrolysis) is 1. The maximum absolute atomic E-state index is 12.2. The fraction of sp³-hybridized carbons (Fsp3) is 0.192. The van der Waals surface area contributed by atoms with Crippen LogP contribution in [0.3, 0.4) is 0 Å². The minimum Gasteiger partial charge on any atom is -0.449 e. The number of carbonyl (C=O) groups is 1. The lowest BCUT2D eigenvalue weighted by Gasteiger charge is -2.14. The SMILES string of the molecule is CS(=O)(=O)c1ccccc1C=CCCNC(=O)OCC1c2ccccc2-c2ccccc21. The van der Waals surface area contributed by atoms with Gasteiger partial charge in [0.25, 0.3) is 0 Å². The van der Waals surface area contributed by atoms with Crippen LogP contribution in [0.4, 0.5) is 4.79 Å². The molecule has 0 radical (unpaired) electrons. The molecule has 0 atom stereocenters. The zero-order chi connectivity index (χ0) is 22.6. The van der Waals surface area contributed by atoms with Gasteiger partial charge in [0.1, 0.15) is 6.61 Å². The van der Waals surface area contributed by atoms with E-state index in [-0.39, 0.29) is 12.5 Å². The predicted molar refractivity (Wildman–Crippen MR) is 126 cm³/mol. The molecule has 3 aromatic carbocycles. The summed E-state index contributed by atoms with van der Waals surface area (Å²) in [6.45, 7) is 0.672. The normalized spacial score (nSPS) is 13.0. The molecule has 0 heterocycles. The number of sulfone groups is 1. The van der Waals surface area contributed by atoms with Crippen molar-refractivity contribution < 1.29 is 17.9 Å². The maximum atomic E-state index is 12.2. The second kappa shape index (κ2) is 9.40. The number of ether oxygens (including phenoxy) is 1. The second-order valence-corrected chi connectivity index (χ2v) is 9.74. The van der Waals surface area contributed by atoms with Crippen molar-refractivity contribution in [2.45, 2.75) is 17.2 Å². The van der Waals surface area contributed by atoms with E-state index in [2.05, 4.69) is 29.6 Å². The molecule has 3 aromatic rings. The van der Waals surface area contributed by atoms with E-state index < -0.39 is 15.9 Å². The molecule has 1 amide bonds. The molecule has 1 N–H and O–H groups in total. The largest absolute Gasteiger partial charge is 0.449 e. The van der Waals surface area contributed by atoms with Crippen molar-refractivity contribution in [3.05, 3.63) is 95.6 Å². The first-order valence-electron chi connectivity index (χ1n) is 10.5. The first-order chi connectivity index (χ1) is 15.4. The third kappa shape index (κ3) is 4.75. The summed E-state index contributed by atoms with van der Waals surface area (Å²) in [6.07, 6.45) is 4.89. The van der Waals surface area contributed by atoms with Crippen molar-refractivity contribution in [2.24, 2.45) is 0 Å². The molecule has 0 fully saturated rings. The van der Waals surface area contributed by atoms with Crippen molar-refractivity contribution in [2.75, 3.05) is 19.4 Å². The maximum Gasteiger partial charge on any atom is 0.407 e. The van der Waals surface area contributed by atoms with Crippen LogP contribution >= 0.6 is 0 Å². The van der Waals surface area contributed by atoms with Crippen LogP contribution in [0.1, 0.15) is 29.0 Å². The number of hydrogen-bond donors (Lipinski definition) is 1. The molecule has 5 nitrogen and oxygen atoms in total. The number of rotatable bonds is 7. The summed E-state index contributed by atoms with van der Waals surface area (Å²) in [5.41, 5.74) is 5.37. The standard InChI is InChI=1S/C26H25NO4S/c1-32(29,30)25-16-7-2-10-19(25)11-8-9-17-27-26(28)31-18-24-22-14-5-3-12-20(22)21-13-4-6-15-23(21)24/h2-8,10-16,24H,9,17-18H2,1H3,(H,27,28). The highest BCUT2D eigenvalue weighted by molar-refractivity contribution is 7.90. The number of fused-ring (bicyclic) bond motifs is 3. The van der Waals surface area contributed by atoms with Crippen LogP contribution in [0, 0.1) is 0 Å². The Hall–Kier alpha value is -3.38. The Kier molecular flexibility index (Phi) is 6.42. The monoisotopic (exact) mass is 447 g/mol. The highest BCUT2D eigenvalue weighted by atomic mass is 32.2. The van der Waals surface area contributed by atoms with Crippen LogP contribution in [0.5, 0.6) is 0 Å². The van der Waals surface area contributed by atoms with Gasteiger partial charge in [0.05, 0.1) is 4.90 Å². The van der Waals surface area contributed by atoms with E-state index in [1.54, 1.807) is 30.3 Å². The molecule has 164 valence electrons. The smallest absolute Gasteiger partial charge is 0.407 e. The zero-order valence-electron chi connectivity index (χ0n) is 17.8. The summed E-state index contributed by atoms with van der Waals surface area (Å²) in [5, 5.41) is 2.76. The lowest BCUT2D eigenvalue weighted by atomic mass is 9.98. The van der Waals surface area contributed by atoms with E-state index in [0.717, 1.165) is 0 Å². The molecule has 0 unspecified atom stereocenters. The molecule has 0 saturated heterocycles. The van der Waals surface area contributed by atoms with E-state index >= 15 is 0 Å². The van der Waals surface area contributed by atoms with Crippen LogP contribution in [-0.4, -0.2) is 33.9 Å². The average molecular weight is 448 g/mol. The highest BCUT2D eigenvalue weighted by Gasteiger charge is 2.28. The van der Waals surface area contributed by atoms with Gasteiger partial charge in [-0.25, -0.2) is 13.2 Å². The van der Waals surface area contributed by atoms with E-state index in [1.165, 1.54) is 28.5 Å². The van der Waals surface area contributed by atoms with Crippen LogP contribution in [0.25, 0.3) is 17.2 Å². The average Bonchev–Trinajstić information content (AvgIpc) is 3.11. The number of nitrogens with one attached hydrogen (secondary N) is 1. The van der Waals surface area contributed by atoms with Crippen LogP contribution in [0.15, 0.2) is 83.8 Å². The lowest BCUT2D eigenvalue weighted by molar-refractivity contribution is 0.143. The Bertz CT molecular complexity index is 1220. The summed E-state index contributed by atoms with van der Waals surface area (Å²) < 4.78 is 29.2. The summed E-state index contributed by atoms with van der Waals surface area (Å²) in [5.74, 6) is 0.0283. The van der Waals surface area contributed by atoms with E-state index in [0.29, 0.717) is 23.4 Å². The third-order valence-corrected chi connectivity index (χ3v) is 6.71. The Morgan fingerprint density at radius 1 is 0.938 bits per heavy atom. The molecular formula is C26H25NO4S. The Labute approximate surface area is 188 Å². The van der Waals surface area contributed by atoms with Crippen LogP contribution < -0.4 is 5.32 Å². The zero-order valence-corrected chi connectivity index (χ0v) is 18.6. The fourth-order valence-electron chi connectivity index (χ4n) is 4.07. The lowest BCUT2D eigenvalue weighted by Crippen LogP contribution is -2.26. The van der Waals surface area contributed by atoms with Gasteiger partial charge in [-0.2, -0.15) is 0 Å². The van der Waals surface area contributed by atoms with E-state index in [4.69, 9.17) is 4.74 Å². The van der Waals surface area contributed by atoms with Gasteiger partial charge in [-0.05, 0) is 40.3 Å². The van der Waals surface area contributed by atoms with Gasteiger partial charge in [-0.1, -0.05) is 78.9 Å². The molecule has 32 heavy (non-hydrogen) atoms. The van der Waals surface area contributed by atoms with Crippen molar-refractivity contribution in [1.82, 2.24) is 5.32 Å². The predicted octanol–water partition coefficient (Wildman–Crippen LogP) is 5.03. The number of carbonyl (C=O) groups excluding carboxylic acids is 1. The number of amides is 1. The van der Waals surface area contributed by atoms with Crippen LogP contribution in [-0.2, 0) is 14.6 Å². The van der Waals surface area contributed by atoms with Gasteiger partial charge >= 0.3 is 6.09 Å². The summed E-state index contributed by atoms with van der Waals surface area (Å²) in [6, 6.07) is 23.3. The van der Waals surface area contributed by atoms with Crippen molar-refractivity contribution in [1.29, 1.82) is 0 Å². The van der Waals surface area contributed by atoms with Crippen molar-refractivity contribution >= 4 is 22.0 Å². The molecule has 0 saturated carbocycles. The minimum absolute atomic E-state index is 0.0283. The molecule has 0 aromatic heterocycles. The molecule has 1 aliphatic carbocycles. The first-order valence-corrected chi connectivity index (χ1v) is 12.4. The quantitative estimate of drug-likeness (QED) is 0.516. The topological polar surface area (TPSA) is 72.5 Å². The molecule has 1 aliphatic rings. The number of hydrogen-bond acceptors (Lipinski definition) is 4. The fourth-order valence-corrected chi connectivity index (χ4v) is 4.96. The van der Waals surface area contributed by atoms with Gasteiger partial charge in [-0.15, -0.1) is 0 Å². The van der Waals surface area contributed by atoms with E-state index in [9.17, 15) is 13.2 Å². The molecule has 0 aliphatic heterocycles. The Morgan fingerprint density at radius 3 is 2.19 bits per heavy atom. The Balaban J connectivity index is 1.30. The van der Waals surface area contributed by atoms with Crippen LogP contribution in [0.2, 0.25) is 0 Å². The minimum atomic E-state index is -3.29. The third-order valence-electron chi connectivity index (χ3n) is 5.54. The first kappa shape index (κ1) is 21.8. The summed E-state index contributed by atoms with van der Waals surface area (Å²) >= 11 is 0. The van der Waals surface area contributed by atoms with Crippen molar-refractivity contribution in [3.63, 3.8) is 0 Å². The van der Waals surface area contributed by atoms with Gasteiger partial charge in [0.2, 0.25) is 0 Å². The summed E-state index contributed by atoms with van der Waals surface area (Å²) in [7, 11) is -3.29.